The fourth-order valence-corrected chi connectivity index (χ4v) is 7.70. The summed E-state index contributed by atoms with van der Waals surface area (Å²) in [6.07, 6.45) is 4.00. The molecular weight excluding hydrogens is 456 g/mol. The van der Waals surface area contributed by atoms with Crippen molar-refractivity contribution in [2.45, 2.75) is 36.5 Å². The molecule has 0 spiro atoms. The summed E-state index contributed by atoms with van der Waals surface area (Å²) in [6.45, 7) is 2.46. The maximum absolute atomic E-state index is 13.7. The number of carboxylic acid groups (broad SMARTS) is 1. The molecule has 0 saturated carbocycles. The molecule has 180 valence electrons. The molecule has 0 radical (unpaired) electrons. The van der Waals surface area contributed by atoms with Crippen LogP contribution in [0.2, 0.25) is 0 Å². The first kappa shape index (κ1) is 22.7. The molecule has 3 aromatic rings. The molecule has 10 heteroatoms. The average Bonchev–Trinajstić information content (AvgIpc) is 3.27. The van der Waals surface area contributed by atoms with Gasteiger partial charge in [0.15, 0.2) is 0 Å². The van der Waals surface area contributed by atoms with Gasteiger partial charge >= 0.3 is 6.09 Å². The Kier molecular flexibility index (Phi) is 5.52. The Morgan fingerprint density at radius 3 is 2.56 bits per heavy atom. The number of nitrogens with zero attached hydrogens (tertiary/aromatic N) is 3. The smallest absolute Gasteiger partial charge is 0.408 e. The van der Waals surface area contributed by atoms with Gasteiger partial charge in [-0.1, -0.05) is 12.1 Å². The maximum Gasteiger partial charge on any atom is 0.408 e. The predicted octanol–water partition coefficient (Wildman–Crippen LogP) is 3.36. The molecular formula is C24H28N4O5S. The van der Waals surface area contributed by atoms with Crippen LogP contribution in [-0.2, 0) is 15.6 Å². The number of aromatic nitrogens is 2. The topological polar surface area (TPSA) is 116 Å². The van der Waals surface area contributed by atoms with E-state index in [2.05, 4.69) is 9.97 Å². The molecule has 2 saturated heterocycles. The summed E-state index contributed by atoms with van der Waals surface area (Å²) in [6, 6.07) is 10.9. The monoisotopic (exact) mass is 484 g/mol. The van der Waals surface area contributed by atoms with Crippen molar-refractivity contribution >= 4 is 27.1 Å². The number of sulfonamides is 1. The SMILES string of the molecule is COc1ccc(C2(C)C(S(=O)(=O)N3CCC(c4c[nH]c5ncccc45)CC3)CN2C(=O)O)cc1. The van der Waals surface area contributed by atoms with Crippen molar-refractivity contribution in [2.75, 3.05) is 26.7 Å². The molecule has 2 N–H and O–H groups in total. The summed E-state index contributed by atoms with van der Waals surface area (Å²) in [4.78, 5) is 20.7. The van der Waals surface area contributed by atoms with E-state index in [9.17, 15) is 18.3 Å². The van der Waals surface area contributed by atoms with E-state index in [4.69, 9.17) is 4.74 Å². The highest BCUT2D eigenvalue weighted by molar-refractivity contribution is 7.89. The van der Waals surface area contributed by atoms with Gasteiger partial charge in [0.25, 0.3) is 0 Å². The number of rotatable bonds is 5. The van der Waals surface area contributed by atoms with Crippen LogP contribution in [0.15, 0.2) is 48.8 Å². The van der Waals surface area contributed by atoms with Gasteiger partial charge in [-0.3, -0.25) is 4.90 Å². The van der Waals surface area contributed by atoms with Gasteiger partial charge in [-0.25, -0.2) is 22.5 Å². The van der Waals surface area contributed by atoms with Crippen molar-refractivity contribution in [3.63, 3.8) is 0 Å². The third-order valence-electron chi connectivity index (χ3n) is 7.54. The van der Waals surface area contributed by atoms with E-state index < -0.39 is 26.9 Å². The number of nitrogens with one attached hydrogen (secondary N) is 1. The maximum atomic E-state index is 13.7. The van der Waals surface area contributed by atoms with Crippen molar-refractivity contribution in [2.24, 2.45) is 0 Å². The van der Waals surface area contributed by atoms with Gasteiger partial charge in [0.05, 0.1) is 12.6 Å². The van der Waals surface area contributed by atoms with E-state index >= 15 is 0 Å². The fourth-order valence-electron chi connectivity index (χ4n) is 5.44. The van der Waals surface area contributed by atoms with Crippen LogP contribution < -0.4 is 4.74 Å². The van der Waals surface area contributed by atoms with Crippen molar-refractivity contribution in [3.05, 3.63) is 59.9 Å². The Bertz CT molecular complexity index is 1310. The number of hydrogen-bond acceptors (Lipinski definition) is 5. The molecule has 2 atom stereocenters. The Morgan fingerprint density at radius 1 is 1.21 bits per heavy atom. The van der Waals surface area contributed by atoms with Gasteiger partial charge in [-0.2, -0.15) is 0 Å². The van der Waals surface area contributed by atoms with Crippen molar-refractivity contribution in [3.8, 4) is 5.75 Å². The minimum atomic E-state index is -3.72. The zero-order chi connectivity index (χ0) is 24.1. The van der Waals surface area contributed by atoms with Crippen molar-refractivity contribution in [1.29, 1.82) is 0 Å². The standard InChI is InChI=1S/C24H28N4O5S/c1-24(17-5-7-18(33-2)8-6-17)21(15-28(24)23(29)30)34(31,32)27-12-9-16(10-13-27)20-14-26-22-19(20)4-3-11-25-22/h3-8,11,14,16,21H,9-10,12-13,15H2,1-2H3,(H,25,26)(H,29,30). The van der Waals surface area contributed by atoms with Gasteiger partial charge in [0, 0.05) is 37.4 Å². The molecule has 9 nitrogen and oxygen atoms in total. The van der Waals surface area contributed by atoms with E-state index in [0.717, 1.165) is 11.0 Å². The molecule has 34 heavy (non-hydrogen) atoms. The van der Waals surface area contributed by atoms with Crippen LogP contribution in [0.3, 0.4) is 0 Å². The van der Waals surface area contributed by atoms with Gasteiger partial charge in [-0.05, 0) is 61.1 Å². The van der Waals surface area contributed by atoms with Gasteiger partial charge in [-0.15, -0.1) is 0 Å². The number of fused-ring (bicyclic) bond motifs is 1. The third kappa shape index (κ3) is 3.43. The summed E-state index contributed by atoms with van der Waals surface area (Å²) >= 11 is 0. The predicted molar refractivity (Wildman–Crippen MR) is 127 cm³/mol. The second-order valence-electron chi connectivity index (χ2n) is 9.12. The van der Waals surface area contributed by atoms with E-state index in [0.29, 0.717) is 37.2 Å². The normalized spacial score (nSPS) is 24.2. The second-order valence-corrected chi connectivity index (χ2v) is 11.2. The molecule has 2 fully saturated rings. The number of methoxy groups -OCH3 is 1. The Balaban J connectivity index is 1.37. The largest absolute Gasteiger partial charge is 0.497 e. The number of benzene rings is 1. The lowest BCUT2D eigenvalue weighted by atomic mass is 9.79. The Labute approximate surface area is 198 Å². The zero-order valence-electron chi connectivity index (χ0n) is 19.1. The van der Waals surface area contributed by atoms with Crippen LogP contribution in [-0.4, -0.2) is 70.8 Å². The highest BCUT2D eigenvalue weighted by atomic mass is 32.2. The molecule has 1 aromatic carbocycles. The first-order valence-electron chi connectivity index (χ1n) is 11.3. The minimum absolute atomic E-state index is 0.0474. The summed E-state index contributed by atoms with van der Waals surface area (Å²) in [5.41, 5.74) is 1.47. The number of carbonyl (C=O) groups is 1. The number of amides is 1. The van der Waals surface area contributed by atoms with E-state index in [1.54, 1.807) is 48.8 Å². The minimum Gasteiger partial charge on any atom is -0.497 e. The zero-order valence-corrected chi connectivity index (χ0v) is 20.0. The third-order valence-corrected chi connectivity index (χ3v) is 9.95. The molecule has 2 aliphatic heterocycles. The lowest BCUT2D eigenvalue weighted by molar-refractivity contribution is 0.0118. The van der Waals surface area contributed by atoms with Crippen molar-refractivity contribution < 1.29 is 23.1 Å². The van der Waals surface area contributed by atoms with Crippen LogP contribution >= 0.6 is 0 Å². The van der Waals surface area contributed by atoms with Crippen LogP contribution in [0.25, 0.3) is 11.0 Å². The first-order valence-corrected chi connectivity index (χ1v) is 12.8. The fraction of sp³-hybridized carbons (Fsp3) is 0.417. The summed E-state index contributed by atoms with van der Waals surface area (Å²) in [5.74, 6) is 0.872. The number of piperidine rings is 1. The molecule has 0 bridgehead atoms. The Morgan fingerprint density at radius 2 is 1.91 bits per heavy atom. The summed E-state index contributed by atoms with van der Waals surface area (Å²) < 4.78 is 34.2. The molecule has 2 aliphatic rings. The molecule has 2 aromatic heterocycles. The second kappa shape index (κ2) is 8.28. The Hall–Kier alpha value is -3.11. The number of aromatic amines is 1. The number of H-pyrrole nitrogens is 1. The van der Waals surface area contributed by atoms with E-state index in [-0.39, 0.29) is 12.5 Å². The van der Waals surface area contributed by atoms with Crippen LogP contribution in [0.4, 0.5) is 4.79 Å². The number of ether oxygens (including phenoxy) is 1. The first-order chi connectivity index (χ1) is 16.3. The van der Waals surface area contributed by atoms with Crippen LogP contribution in [0.1, 0.15) is 36.8 Å². The van der Waals surface area contributed by atoms with Crippen LogP contribution in [0.5, 0.6) is 5.75 Å². The van der Waals surface area contributed by atoms with Crippen molar-refractivity contribution in [1.82, 2.24) is 19.2 Å². The van der Waals surface area contributed by atoms with Crippen LogP contribution in [0, 0.1) is 0 Å². The molecule has 5 rings (SSSR count). The highest BCUT2D eigenvalue weighted by Gasteiger charge is 2.60. The summed E-state index contributed by atoms with van der Waals surface area (Å²) in [7, 11) is -2.17. The summed E-state index contributed by atoms with van der Waals surface area (Å²) in [5, 5.41) is 9.96. The van der Waals surface area contributed by atoms with E-state index in [1.807, 2.05) is 18.3 Å². The molecule has 0 aliphatic carbocycles. The number of pyridine rings is 1. The lowest BCUT2D eigenvalue weighted by Gasteiger charge is -2.55. The number of likely N-dealkylation sites (tertiary alicyclic amines) is 1. The average molecular weight is 485 g/mol. The number of hydrogen-bond donors (Lipinski definition) is 2. The molecule has 2 unspecified atom stereocenters. The molecule has 4 heterocycles. The lowest BCUT2D eigenvalue weighted by Crippen LogP contribution is -2.72. The molecule has 1 amide bonds. The van der Waals surface area contributed by atoms with E-state index in [1.165, 1.54) is 10.5 Å². The highest BCUT2D eigenvalue weighted by Crippen LogP contribution is 2.46. The van der Waals surface area contributed by atoms with Gasteiger partial charge in [0.2, 0.25) is 10.0 Å². The van der Waals surface area contributed by atoms with Gasteiger partial charge in [0.1, 0.15) is 16.6 Å². The quantitative estimate of drug-likeness (QED) is 0.574. The van der Waals surface area contributed by atoms with Gasteiger partial charge < -0.3 is 14.8 Å².